The Balaban J connectivity index is 2.07. The lowest BCUT2D eigenvalue weighted by atomic mass is 10.0. The zero-order valence-electron chi connectivity index (χ0n) is 12.1. The molecule has 4 heteroatoms. The predicted octanol–water partition coefficient (Wildman–Crippen LogP) is 4.21. The highest BCUT2D eigenvalue weighted by Crippen LogP contribution is 2.33. The van der Waals surface area contributed by atoms with Crippen molar-refractivity contribution in [1.82, 2.24) is 0 Å². The van der Waals surface area contributed by atoms with Gasteiger partial charge in [-0.05, 0) is 5.56 Å². The van der Waals surface area contributed by atoms with Crippen LogP contribution < -0.4 is 0 Å². The Morgan fingerprint density at radius 1 is 0.955 bits per heavy atom. The molecule has 3 nitrogen and oxygen atoms in total. The molecule has 0 spiro atoms. The van der Waals surface area contributed by atoms with E-state index in [4.69, 9.17) is 5.11 Å². The van der Waals surface area contributed by atoms with Gasteiger partial charge in [0.25, 0.3) is 0 Å². The fourth-order valence-electron chi connectivity index (χ4n) is 2.14. The third-order valence-electron chi connectivity index (χ3n) is 3.27. The summed E-state index contributed by atoms with van der Waals surface area (Å²) >= 11 is 1.52. The Kier molecular flexibility index (Phi) is 6.22. The summed E-state index contributed by atoms with van der Waals surface area (Å²) in [7, 11) is 0. The largest absolute Gasteiger partial charge is 0.481 e. The van der Waals surface area contributed by atoms with E-state index in [0.717, 1.165) is 5.56 Å². The van der Waals surface area contributed by atoms with Crippen LogP contribution in [0.15, 0.2) is 60.7 Å². The zero-order valence-corrected chi connectivity index (χ0v) is 13.0. The van der Waals surface area contributed by atoms with Gasteiger partial charge in [-0.15, -0.1) is 0 Å². The molecule has 2 aromatic carbocycles. The summed E-state index contributed by atoms with van der Waals surface area (Å²) < 4.78 is 0. The van der Waals surface area contributed by atoms with Gasteiger partial charge in [0.15, 0.2) is 5.78 Å². The van der Waals surface area contributed by atoms with Crippen LogP contribution in [0, 0.1) is 0 Å². The summed E-state index contributed by atoms with van der Waals surface area (Å²) in [5.74, 6) is -0.234. The highest BCUT2D eigenvalue weighted by molar-refractivity contribution is 7.99. The van der Waals surface area contributed by atoms with Crippen LogP contribution in [0.25, 0.3) is 0 Å². The number of thioether (sulfide) groups is 1. The summed E-state index contributed by atoms with van der Waals surface area (Å²) in [6.45, 7) is 0. The number of benzene rings is 2. The standard InChI is InChI=1S/C18H18O3S/c19-16(14-7-3-1-4-8-14)13-17(22-12-11-18(20)21)15-9-5-2-6-10-15/h1-10,17H,11-13H2,(H,20,21). The Labute approximate surface area is 134 Å². The van der Waals surface area contributed by atoms with Gasteiger partial charge in [0.1, 0.15) is 0 Å². The van der Waals surface area contributed by atoms with Gasteiger partial charge in [-0.3, -0.25) is 9.59 Å². The van der Waals surface area contributed by atoms with Crippen molar-refractivity contribution < 1.29 is 14.7 Å². The van der Waals surface area contributed by atoms with Crippen LogP contribution in [0.5, 0.6) is 0 Å². The smallest absolute Gasteiger partial charge is 0.304 e. The first-order valence-corrected chi connectivity index (χ1v) is 8.18. The molecule has 1 N–H and O–H groups in total. The Morgan fingerprint density at radius 2 is 1.55 bits per heavy atom. The van der Waals surface area contributed by atoms with Crippen LogP contribution in [-0.4, -0.2) is 22.6 Å². The van der Waals surface area contributed by atoms with E-state index in [1.165, 1.54) is 11.8 Å². The van der Waals surface area contributed by atoms with E-state index in [1.807, 2.05) is 60.7 Å². The molecule has 1 unspecified atom stereocenters. The monoisotopic (exact) mass is 314 g/mol. The van der Waals surface area contributed by atoms with Crippen LogP contribution in [0.4, 0.5) is 0 Å². The molecule has 0 aliphatic rings. The minimum atomic E-state index is -0.811. The normalized spacial score (nSPS) is 11.8. The predicted molar refractivity (Wildman–Crippen MR) is 89.3 cm³/mol. The van der Waals surface area contributed by atoms with Crippen molar-refractivity contribution in [3.8, 4) is 0 Å². The molecule has 0 aromatic heterocycles. The van der Waals surface area contributed by atoms with E-state index >= 15 is 0 Å². The van der Waals surface area contributed by atoms with E-state index in [1.54, 1.807) is 0 Å². The van der Waals surface area contributed by atoms with Gasteiger partial charge in [-0.1, -0.05) is 60.7 Å². The molecular formula is C18H18O3S. The second-order valence-electron chi connectivity index (χ2n) is 4.91. The number of rotatable bonds is 8. The maximum absolute atomic E-state index is 12.4. The lowest BCUT2D eigenvalue weighted by Crippen LogP contribution is -2.07. The number of carboxylic acid groups (broad SMARTS) is 1. The van der Waals surface area contributed by atoms with Crippen LogP contribution in [-0.2, 0) is 4.79 Å². The van der Waals surface area contributed by atoms with E-state index in [-0.39, 0.29) is 17.5 Å². The maximum Gasteiger partial charge on any atom is 0.304 e. The molecule has 0 radical (unpaired) electrons. The molecule has 0 bridgehead atoms. The summed E-state index contributed by atoms with van der Waals surface area (Å²) in [6.07, 6.45) is 0.478. The van der Waals surface area contributed by atoms with Crippen LogP contribution >= 0.6 is 11.8 Å². The number of carbonyl (C=O) groups is 2. The second kappa shape index (κ2) is 8.39. The number of hydrogen-bond acceptors (Lipinski definition) is 3. The summed E-state index contributed by atoms with van der Waals surface area (Å²) in [4.78, 5) is 23.1. The molecule has 0 aliphatic heterocycles. The van der Waals surface area contributed by atoms with Crippen molar-refractivity contribution in [3.05, 3.63) is 71.8 Å². The molecule has 2 rings (SSSR count). The zero-order chi connectivity index (χ0) is 15.8. The molecular weight excluding hydrogens is 296 g/mol. The molecule has 0 fully saturated rings. The van der Waals surface area contributed by atoms with Gasteiger partial charge in [-0.2, -0.15) is 11.8 Å². The van der Waals surface area contributed by atoms with Crippen molar-refractivity contribution >= 4 is 23.5 Å². The Morgan fingerprint density at radius 3 is 2.14 bits per heavy atom. The van der Waals surface area contributed by atoms with Crippen LogP contribution in [0.3, 0.4) is 0 Å². The highest BCUT2D eigenvalue weighted by atomic mass is 32.2. The maximum atomic E-state index is 12.4. The first-order valence-electron chi connectivity index (χ1n) is 7.13. The van der Waals surface area contributed by atoms with Gasteiger partial charge in [0.2, 0.25) is 0 Å². The number of aliphatic carboxylic acids is 1. The first-order chi connectivity index (χ1) is 10.7. The molecule has 0 saturated carbocycles. The fraction of sp³-hybridized carbons (Fsp3) is 0.222. The number of hydrogen-bond donors (Lipinski definition) is 1. The molecule has 0 heterocycles. The number of carboxylic acids is 1. The number of Topliss-reactive ketones (excluding diaryl/α,β-unsaturated/α-hetero) is 1. The lowest BCUT2D eigenvalue weighted by molar-refractivity contribution is -0.136. The summed E-state index contributed by atoms with van der Waals surface area (Å²) in [6, 6.07) is 19.0. The Hall–Kier alpha value is -2.07. The lowest BCUT2D eigenvalue weighted by Gasteiger charge is -2.16. The molecule has 0 saturated heterocycles. The average Bonchev–Trinajstić information content (AvgIpc) is 2.55. The number of carbonyl (C=O) groups excluding carboxylic acids is 1. The van der Waals surface area contributed by atoms with Crippen LogP contribution in [0.1, 0.15) is 34.0 Å². The fourth-order valence-corrected chi connectivity index (χ4v) is 3.34. The molecule has 22 heavy (non-hydrogen) atoms. The molecule has 114 valence electrons. The summed E-state index contributed by atoms with van der Waals surface area (Å²) in [5, 5.41) is 8.76. The molecule has 0 aliphatic carbocycles. The highest BCUT2D eigenvalue weighted by Gasteiger charge is 2.18. The van der Waals surface area contributed by atoms with Gasteiger partial charge < -0.3 is 5.11 Å². The van der Waals surface area contributed by atoms with Crippen molar-refractivity contribution in [2.24, 2.45) is 0 Å². The van der Waals surface area contributed by atoms with E-state index in [2.05, 4.69) is 0 Å². The third kappa shape index (κ3) is 5.04. The van der Waals surface area contributed by atoms with Gasteiger partial charge in [-0.25, -0.2) is 0 Å². The molecule has 2 aromatic rings. The van der Waals surface area contributed by atoms with E-state index < -0.39 is 5.97 Å². The quantitative estimate of drug-likeness (QED) is 0.742. The average molecular weight is 314 g/mol. The van der Waals surface area contributed by atoms with Crippen molar-refractivity contribution in [1.29, 1.82) is 0 Å². The number of ketones is 1. The van der Waals surface area contributed by atoms with Gasteiger partial charge >= 0.3 is 5.97 Å². The second-order valence-corrected chi connectivity index (χ2v) is 6.22. The third-order valence-corrected chi connectivity index (χ3v) is 4.55. The van der Waals surface area contributed by atoms with E-state index in [0.29, 0.717) is 17.7 Å². The summed E-state index contributed by atoms with van der Waals surface area (Å²) in [5.41, 5.74) is 1.75. The van der Waals surface area contributed by atoms with Crippen molar-refractivity contribution in [2.45, 2.75) is 18.1 Å². The van der Waals surface area contributed by atoms with Crippen molar-refractivity contribution in [2.75, 3.05) is 5.75 Å². The molecule has 0 amide bonds. The minimum absolute atomic E-state index is 0.0201. The SMILES string of the molecule is O=C(O)CCSC(CC(=O)c1ccccc1)c1ccccc1. The van der Waals surface area contributed by atoms with Crippen LogP contribution in [0.2, 0.25) is 0 Å². The van der Waals surface area contributed by atoms with Gasteiger partial charge in [0.05, 0.1) is 6.42 Å². The van der Waals surface area contributed by atoms with E-state index in [9.17, 15) is 9.59 Å². The molecule has 1 atom stereocenters. The first kappa shape index (κ1) is 16.3. The van der Waals surface area contributed by atoms with Crippen molar-refractivity contribution in [3.63, 3.8) is 0 Å². The topological polar surface area (TPSA) is 54.4 Å². The van der Waals surface area contributed by atoms with Gasteiger partial charge in [0, 0.05) is 23.0 Å². The Bertz CT molecular complexity index is 611. The minimum Gasteiger partial charge on any atom is -0.481 e.